The fourth-order valence-corrected chi connectivity index (χ4v) is 3.57. The zero-order chi connectivity index (χ0) is 22.0. The van der Waals surface area contributed by atoms with E-state index in [4.69, 9.17) is 4.52 Å². The maximum Gasteiger partial charge on any atom is 0.416 e. The number of aromatic nitrogens is 3. The van der Waals surface area contributed by atoms with Crippen LogP contribution in [0, 0.1) is 11.3 Å². The van der Waals surface area contributed by atoms with Crippen molar-refractivity contribution in [2.45, 2.75) is 19.1 Å². The largest absolute Gasteiger partial charge is 0.416 e. The van der Waals surface area contributed by atoms with E-state index >= 15 is 0 Å². The zero-order valence-corrected chi connectivity index (χ0v) is 16.7. The Hall–Kier alpha value is -3.45. The van der Waals surface area contributed by atoms with Gasteiger partial charge < -0.3 is 9.42 Å². The Morgan fingerprint density at radius 2 is 1.90 bits per heavy atom. The molecular weight excluding hydrogens is 409 g/mol. The second-order valence-electron chi connectivity index (χ2n) is 7.22. The number of halogens is 3. The first-order valence-electron chi connectivity index (χ1n) is 9.72. The summed E-state index contributed by atoms with van der Waals surface area (Å²) in [7, 11) is 0. The molecule has 0 N–H and O–H groups in total. The van der Waals surface area contributed by atoms with Crippen LogP contribution in [0.25, 0.3) is 11.4 Å². The van der Waals surface area contributed by atoms with Crippen LogP contribution in [-0.4, -0.2) is 46.2 Å². The Labute approximate surface area is 176 Å². The molecule has 31 heavy (non-hydrogen) atoms. The number of piperazine rings is 1. The Morgan fingerprint density at radius 1 is 1.13 bits per heavy atom. The molecule has 0 spiro atoms. The molecule has 2 aromatic heterocycles. The lowest BCUT2D eigenvalue weighted by Crippen LogP contribution is -2.47. The lowest BCUT2D eigenvalue weighted by atomic mass is 10.1. The van der Waals surface area contributed by atoms with Gasteiger partial charge in [-0.15, -0.1) is 0 Å². The average molecular weight is 428 g/mol. The molecule has 0 saturated carbocycles. The molecule has 7 nitrogen and oxygen atoms in total. The number of hydrogen-bond acceptors (Lipinski definition) is 7. The van der Waals surface area contributed by atoms with Crippen LogP contribution < -0.4 is 4.90 Å². The Morgan fingerprint density at radius 3 is 2.61 bits per heavy atom. The summed E-state index contributed by atoms with van der Waals surface area (Å²) in [4.78, 5) is 12.9. The van der Waals surface area contributed by atoms with Gasteiger partial charge in [-0.25, -0.2) is 4.98 Å². The quantitative estimate of drug-likeness (QED) is 0.623. The third-order valence-corrected chi connectivity index (χ3v) is 5.32. The minimum Gasteiger partial charge on any atom is -0.353 e. The van der Waals surface area contributed by atoms with Crippen molar-refractivity contribution in [1.29, 1.82) is 5.26 Å². The van der Waals surface area contributed by atoms with E-state index in [9.17, 15) is 18.4 Å². The lowest BCUT2D eigenvalue weighted by Gasteiger charge is -2.37. The van der Waals surface area contributed by atoms with E-state index in [0.29, 0.717) is 43.5 Å². The molecule has 3 heterocycles. The molecular formula is C21H19F3N6O. The number of rotatable bonds is 4. The molecule has 0 bridgehead atoms. The number of anilines is 1. The van der Waals surface area contributed by atoms with Crippen molar-refractivity contribution in [3.05, 3.63) is 59.6 Å². The fraction of sp³-hybridized carbons (Fsp3) is 0.333. The van der Waals surface area contributed by atoms with E-state index in [1.807, 2.05) is 6.92 Å². The van der Waals surface area contributed by atoms with Gasteiger partial charge in [0.1, 0.15) is 11.9 Å². The van der Waals surface area contributed by atoms with Gasteiger partial charge in [-0.05, 0) is 31.2 Å². The molecule has 1 aliphatic heterocycles. The number of nitrogens with zero attached hydrogens (tertiary/aromatic N) is 6. The van der Waals surface area contributed by atoms with Gasteiger partial charge in [0, 0.05) is 37.9 Å². The smallest absolute Gasteiger partial charge is 0.353 e. The van der Waals surface area contributed by atoms with E-state index < -0.39 is 11.7 Å². The van der Waals surface area contributed by atoms with Crippen LogP contribution in [0.1, 0.15) is 30.0 Å². The molecule has 4 rings (SSSR count). The number of nitriles is 1. The van der Waals surface area contributed by atoms with Crippen molar-refractivity contribution in [1.82, 2.24) is 20.0 Å². The van der Waals surface area contributed by atoms with Gasteiger partial charge in [0.25, 0.3) is 0 Å². The van der Waals surface area contributed by atoms with Gasteiger partial charge in [0.05, 0.1) is 17.2 Å². The Bertz CT molecular complexity index is 1100. The Balaban J connectivity index is 1.44. The van der Waals surface area contributed by atoms with Gasteiger partial charge in [-0.2, -0.15) is 23.4 Å². The normalized spacial score (nSPS) is 16.2. The minimum absolute atomic E-state index is 0.124. The SMILES string of the molecule is C[C@@H](c1nc(-c2cccc(C(F)(F)F)c2)no1)N1CCN(c2ncccc2C#N)CC1. The monoisotopic (exact) mass is 428 g/mol. The molecule has 1 atom stereocenters. The van der Waals surface area contributed by atoms with Gasteiger partial charge in [-0.1, -0.05) is 17.3 Å². The summed E-state index contributed by atoms with van der Waals surface area (Å²) in [5.74, 6) is 1.14. The maximum absolute atomic E-state index is 13.0. The first kappa shape index (κ1) is 20.8. The van der Waals surface area contributed by atoms with E-state index in [1.165, 1.54) is 12.1 Å². The van der Waals surface area contributed by atoms with Gasteiger partial charge in [0.2, 0.25) is 11.7 Å². The summed E-state index contributed by atoms with van der Waals surface area (Å²) in [5.41, 5.74) is 0.0273. The second kappa shape index (κ2) is 8.35. The lowest BCUT2D eigenvalue weighted by molar-refractivity contribution is -0.137. The van der Waals surface area contributed by atoms with Crippen LogP contribution in [0.15, 0.2) is 47.1 Å². The third kappa shape index (κ3) is 4.36. The maximum atomic E-state index is 13.0. The molecule has 0 radical (unpaired) electrons. The van der Waals surface area contributed by atoms with E-state index in [-0.39, 0.29) is 17.4 Å². The summed E-state index contributed by atoms with van der Waals surface area (Å²) in [6, 6.07) is 10.3. The van der Waals surface area contributed by atoms with Gasteiger partial charge >= 0.3 is 6.18 Å². The molecule has 1 aliphatic rings. The molecule has 1 fully saturated rings. The summed E-state index contributed by atoms with van der Waals surface area (Å²) < 4.78 is 44.2. The van der Waals surface area contributed by atoms with E-state index in [1.54, 1.807) is 18.3 Å². The number of pyridine rings is 1. The van der Waals surface area contributed by atoms with Crippen molar-refractivity contribution >= 4 is 5.82 Å². The highest BCUT2D eigenvalue weighted by Crippen LogP contribution is 2.32. The highest BCUT2D eigenvalue weighted by atomic mass is 19.4. The molecule has 3 aromatic rings. The van der Waals surface area contributed by atoms with Crippen LogP contribution in [0.4, 0.5) is 19.0 Å². The van der Waals surface area contributed by atoms with Gasteiger partial charge in [-0.3, -0.25) is 4.90 Å². The number of hydrogen-bond donors (Lipinski definition) is 0. The molecule has 0 aliphatic carbocycles. The highest BCUT2D eigenvalue weighted by Gasteiger charge is 2.31. The molecule has 1 saturated heterocycles. The molecule has 0 amide bonds. The van der Waals surface area contributed by atoms with Crippen molar-refractivity contribution < 1.29 is 17.7 Å². The van der Waals surface area contributed by atoms with Crippen LogP contribution in [0.3, 0.4) is 0 Å². The predicted octanol–water partition coefficient (Wildman–Crippen LogP) is 3.91. The minimum atomic E-state index is -4.44. The molecule has 10 heteroatoms. The van der Waals surface area contributed by atoms with Crippen molar-refractivity contribution in [3.63, 3.8) is 0 Å². The molecule has 0 unspecified atom stereocenters. The fourth-order valence-electron chi connectivity index (χ4n) is 3.57. The third-order valence-electron chi connectivity index (χ3n) is 5.32. The van der Waals surface area contributed by atoms with Crippen LogP contribution >= 0.6 is 0 Å². The van der Waals surface area contributed by atoms with Crippen LogP contribution in [0.2, 0.25) is 0 Å². The summed E-state index contributed by atoms with van der Waals surface area (Å²) in [6.45, 7) is 4.63. The summed E-state index contributed by atoms with van der Waals surface area (Å²) >= 11 is 0. The molecule has 160 valence electrons. The predicted molar refractivity (Wildman–Crippen MR) is 106 cm³/mol. The first-order chi connectivity index (χ1) is 14.9. The average Bonchev–Trinajstić information content (AvgIpc) is 3.28. The van der Waals surface area contributed by atoms with Crippen LogP contribution in [-0.2, 0) is 6.18 Å². The molecule has 1 aromatic carbocycles. The van der Waals surface area contributed by atoms with Crippen molar-refractivity contribution in [3.8, 4) is 17.5 Å². The Kier molecular flexibility index (Phi) is 5.61. The summed E-state index contributed by atoms with van der Waals surface area (Å²) in [6.07, 6.45) is -2.77. The van der Waals surface area contributed by atoms with Gasteiger partial charge in [0.15, 0.2) is 0 Å². The van der Waals surface area contributed by atoms with E-state index in [0.717, 1.165) is 12.1 Å². The van der Waals surface area contributed by atoms with Crippen molar-refractivity contribution in [2.75, 3.05) is 31.1 Å². The van der Waals surface area contributed by atoms with E-state index in [2.05, 4.69) is 31.0 Å². The van der Waals surface area contributed by atoms with Crippen molar-refractivity contribution in [2.24, 2.45) is 0 Å². The first-order valence-corrected chi connectivity index (χ1v) is 9.72. The standard InChI is InChI=1S/C21H19F3N6O/c1-14(29-8-10-30(11-9-29)19-16(13-25)5-3-7-26-19)20-27-18(28-31-20)15-4-2-6-17(12-15)21(22,23)24/h2-7,12,14H,8-11H2,1H3/t14-/m0/s1. The van der Waals surface area contributed by atoms with Crippen LogP contribution in [0.5, 0.6) is 0 Å². The second-order valence-corrected chi connectivity index (χ2v) is 7.22. The highest BCUT2D eigenvalue weighted by molar-refractivity contribution is 5.56. The zero-order valence-electron chi connectivity index (χ0n) is 16.7. The summed E-state index contributed by atoms with van der Waals surface area (Å²) in [5, 5.41) is 13.2. The topological polar surface area (TPSA) is 82.1 Å². The number of alkyl halides is 3. The number of benzene rings is 1.